The average molecular weight is 314 g/mol. The van der Waals surface area contributed by atoms with E-state index in [0.717, 1.165) is 13.1 Å². The van der Waals surface area contributed by atoms with Crippen molar-refractivity contribution in [3.63, 3.8) is 0 Å². The van der Waals surface area contributed by atoms with Gasteiger partial charge in [0.15, 0.2) is 0 Å². The van der Waals surface area contributed by atoms with Crippen LogP contribution in [0.15, 0.2) is 0 Å². The summed E-state index contributed by atoms with van der Waals surface area (Å²) in [6.45, 7) is 5.89. The fourth-order valence-electron chi connectivity index (χ4n) is 3.33. The molecule has 2 unspecified atom stereocenters. The van der Waals surface area contributed by atoms with Gasteiger partial charge in [0, 0.05) is 26.2 Å². The Morgan fingerprint density at radius 2 is 1.64 bits per heavy atom. The van der Waals surface area contributed by atoms with Gasteiger partial charge in [0.25, 0.3) is 5.91 Å². The Bertz CT molecular complexity index is 582. The molecule has 2 atom stereocenters. The SMILES string of the molecule is Cc1nc(C(F)(F)F)nc(C)c1C(=O)N1CC2CNCC2C1. The van der Waals surface area contributed by atoms with Crippen molar-refractivity contribution < 1.29 is 18.0 Å². The Kier molecular flexibility index (Phi) is 3.58. The second-order valence-corrected chi connectivity index (χ2v) is 5.98. The van der Waals surface area contributed by atoms with Gasteiger partial charge in [-0.3, -0.25) is 4.79 Å². The van der Waals surface area contributed by atoms with Crippen molar-refractivity contribution >= 4 is 5.91 Å². The molecule has 2 aliphatic rings. The molecule has 8 heteroatoms. The minimum absolute atomic E-state index is 0.0833. The van der Waals surface area contributed by atoms with Crippen molar-refractivity contribution in [2.45, 2.75) is 20.0 Å². The van der Waals surface area contributed by atoms with Gasteiger partial charge in [-0.05, 0) is 25.7 Å². The third kappa shape index (κ3) is 2.55. The van der Waals surface area contributed by atoms with Gasteiger partial charge >= 0.3 is 6.18 Å². The third-order valence-electron chi connectivity index (χ3n) is 4.41. The van der Waals surface area contributed by atoms with Crippen LogP contribution in [0, 0.1) is 25.7 Å². The van der Waals surface area contributed by atoms with Gasteiger partial charge in [-0.15, -0.1) is 0 Å². The number of aromatic nitrogens is 2. The highest BCUT2D eigenvalue weighted by atomic mass is 19.4. The van der Waals surface area contributed by atoms with Crippen molar-refractivity contribution in [3.05, 3.63) is 22.8 Å². The number of rotatable bonds is 1. The van der Waals surface area contributed by atoms with E-state index < -0.39 is 12.0 Å². The number of carbonyl (C=O) groups is 1. The van der Waals surface area contributed by atoms with Crippen molar-refractivity contribution in [1.29, 1.82) is 0 Å². The van der Waals surface area contributed by atoms with Crippen molar-refractivity contribution in [2.75, 3.05) is 26.2 Å². The van der Waals surface area contributed by atoms with Crippen LogP contribution in [0.5, 0.6) is 0 Å². The number of nitrogens with one attached hydrogen (secondary N) is 1. The Morgan fingerprint density at radius 1 is 1.14 bits per heavy atom. The summed E-state index contributed by atoms with van der Waals surface area (Å²) in [6.07, 6.45) is -4.60. The molecule has 3 rings (SSSR count). The number of aryl methyl sites for hydroxylation is 2. The summed E-state index contributed by atoms with van der Waals surface area (Å²) in [5.74, 6) is -0.598. The van der Waals surface area contributed by atoms with E-state index in [2.05, 4.69) is 15.3 Å². The zero-order valence-electron chi connectivity index (χ0n) is 12.4. The van der Waals surface area contributed by atoms with E-state index in [1.807, 2.05) is 0 Å². The minimum Gasteiger partial charge on any atom is -0.338 e. The summed E-state index contributed by atoms with van der Waals surface area (Å²) < 4.78 is 38.1. The molecule has 22 heavy (non-hydrogen) atoms. The highest BCUT2D eigenvalue weighted by Gasteiger charge is 2.40. The van der Waals surface area contributed by atoms with E-state index in [0.29, 0.717) is 24.9 Å². The fraction of sp³-hybridized carbons (Fsp3) is 0.643. The van der Waals surface area contributed by atoms with E-state index in [4.69, 9.17) is 0 Å². The summed E-state index contributed by atoms with van der Waals surface area (Å²) in [4.78, 5) is 21.3. The number of carbonyl (C=O) groups excluding carboxylic acids is 1. The highest BCUT2D eigenvalue weighted by Crippen LogP contribution is 2.30. The highest BCUT2D eigenvalue weighted by molar-refractivity contribution is 5.96. The molecular weight excluding hydrogens is 297 g/mol. The zero-order chi connectivity index (χ0) is 16.1. The number of likely N-dealkylation sites (tertiary alicyclic amines) is 1. The normalized spacial score (nSPS) is 24.7. The van der Waals surface area contributed by atoms with Gasteiger partial charge in [-0.25, -0.2) is 9.97 Å². The summed E-state index contributed by atoms with van der Waals surface area (Å²) in [5, 5.41) is 3.28. The van der Waals surface area contributed by atoms with Crippen LogP contribution in [-0.2, 0) is 6.18 Å². The molecular formula is C14H17F3N4O. The van der Waals surface area contributed by atoms with E-state index in [1.165, 1.54) is 13.8 Å². The maximum absolute atomic E-state index is 12.7. The van der Waals surface area contributed by atoms with Gasteiger partial charge in [0.2, 0.25) is 5.82 Å². The molecule has 2 aliphatic heterocycles. The topological polar surface area (TPSA) is 58.1 Å². The van der Waals surface area contributed by atoms with Crippen LogP contribution in [-0.4, -0.2) is 47.0 Å². The monoisotopic (exact) mass is 314 g/mol. The standard InChI is InChI=1S/C14H17F3N4O/c1-7-11(8(2)20-13(19-7)14(15,16)17)12(22)21-5-9-3-18-4-10(9)6-21/h9-10,18H,3-6H2,1-2H3. The molecule has 0 radical (unpaired) electrons. The van der Waals surface area contributed by atoms with Crippen molar-refractivity contribution in [1.82, 2.24) is 20.2 Å². The van der Waals surface area contributed by atoms with E-state index in [-0.39, 0.29) is 22.9 Å². The third-order valence-corrected chi connectivity index (χ3v) is 4.41. The number of fused-ring (bicyclic) bond motifs is 1. The first kappa shape index (κ1) is 15.2. The number of amides is 1. The predicted octanol–water partition coefficient (Wildman–Crippen LogP) is 1.40. The smallest absolute Gasteiger partial charge is 0.338 e. The quantitative estimate of drug-likeness (QED) is 0.851. The van der Waals surface area contributed by atoms with Gasteiger partial charge in [0.05, 0.1) is 17.0 Å². The van der Waals surface area contributed by atoms with Gasteiger partial charge in [-0.1, -0.05) is 0 Å². The van der Waals surface area contributed by atoms with E-state index in [1.54, 1.807) is 4.90 Å². The zero-order valence-corrected chi connectivity index (χ0v) is 12.4. The first-order valence-corrected chi connectivity index (χ1v) is 7.19. The Labute approximate surface area is 125 Å². The molecule has 0 spiro atoms. The van der Waals surface area contributed by atoms with Crippen LogP contribution in [0.4, 0.5) is 13.2 Å². The van der Waals surface area contributed by atoms with Crippen LogP contribution in [0.2, 0.25) is 0 Å². The van der Waals surface area contributed by atoms with Gasteiger partial charge in [0.1, 0.15) is 0 Å². The average Bonchev–Trinajstić information content (AvgIpc) is 2.96. The Hall–Kier alpha value is -1.70. The fourth-order valence-corrected chi connectivity index (χ4v) is 3.33. The van der Waals surface area contributed by atoms with Crippen molar-refractivity contribution in [3.8, 4) is 0 Å². The lowest BCUT2D eigenvalue weighted by Gasteiger charge is -2.20. The van der Waals surface area contributed by atoms with Crippen LogP contribution in [0.25, 0.3) is 0 Å². The van der Waals surface area contributed by atoms with Crippen molar-refractivity contribution in [2.24, 2.45) is 11.8 Å². The number of nitrogens with zero attached hydrogens (tertiary/aromatic N) is 3. The Morgan fingerprint density at radius 3 is 2.09 bits per heavy atom. The maximum atomic E-state index is 12.7. The molecule has 1 aromatic rings. The molecule has 2 fully saturated rings. The molecule has 2 saturated heterocycles. The molecule has 1 amide bonds. The van der Waals surface area contributed by atoms with Crippen LogP contribution in [0.3, 0.4) is 0 Å². The summed E-state index contributed by atoms with van der Waals surface area (Å²) in [7, 11) is 0. The summed E-state index contributed by atoms with van der Waals surface area (Å²) in [5.41, 5.74) is 0.362. The molecule has 0 saturated carbocycles. The summed E-state index contributed by atoms with van der Waals surface area (Å²) in [6, 6.07) is 0. The number of hydrogen-bond acceptors (Lipinski definition) is 4. The van der Waals surface area contributed by atoms with Crippen LogP contribution in [0.1, 0.15) is 27.6 Å². The second-order valence-electron chi connectivity index (χ2n) is 5.98. The lowest BCUT2D eigenvalue weighted by molar-refractivity contribution is -0.145. The molecule has 1 aromatic heterocycles. The second kappa shape index (κ2) is 5.19. The van der Waals surface area contributed by atoms with E-state index >= 15 is 0 Å². The number of halogens is 3. The molecule has 1 N–H and O–H groups in total. The largest absolute Gasteiger partial charge is 0.451 e. The van der Waals surface area contributed by atoms with Crippen LogP contribution < -0.4 is 5.32 Å². The first-order valence-electron chi connectivity index (χ1n) is 7.19. The lowest BCUT2D eigenvalue weighted by atomic mass is 10.0. The maximum Gasteiger partial charge on any atom is 0.451 e. The molecule has 0 aliphatic carbocycles. The summed E-state index contributed by atoms with van der Waals surface area (Å²) >= 11 is 0. The number of alkyl halides is 3. The van der Waals surface area contributed by atoms with Crippen LogP contribution >= 0.6 is 0 Å². The molecule has 0 bridgehead atoms. The van der Waals surface area contributed by atoms with Gasteiger partial charge in [-0.2, -0.15) is 13.2 Å². The van der Waals surface area contributed by atoms with E-state index in [9.17, 15) is 18.0 Å². The number of hydrogen-bond donors (Lipinski definition) is 1. The predicted molar refractivity (Wildman–Crippen MR) is 72.3 cm³/mol. The minimum atomic E-state index is -4.60. The first-order chi connectivity index (χ1) is 10.3. The Balaban J connectivity index is 1.87. The molecule has 0 aromatic carbocycles. The molecule has 120 valence electrons. The van der Waals surface area contributed by atoms with Gasteiger partial charge < -0.3 is 10.2 Å². The molecule has 5 nitrogen and oxygen atoms in total. The molecule has 3 heterocycles. The lowest BCUT2D eigenvalue weighted by Crippen LogP contribution is -2.33.